The second kappa shape index (κ2) is 9.43. The van der Waals surface area contributed by atoms with E-state index >= 15 is 0 Å². The molecule has 0 bridgehead atoms. The highest BCUT2D eigenvalue weighted by Crippen LogP contribution is 2.45. The highest BCUT2D eigenvalue weighted by Gasteiger charge is 2.29. The zero-order valence-electron chi connectivity index (χ0n) is 19.6. The Morgan fingerprint density at radius 3 is 2.47 bits per heavy atom. The molecule has 34 heavy (non-hydrogen) atoms. The van der Waals surface area contributed by atoms with Crippen LogP contribution < -0.4 is 10.1 Å². The van der Waals surface area contributed by atoms with Gasteiger partial charge in [-0.3, -0.25) is 10.3 Å². The molecule has 2 fully saturated rings. The molecule has 1 saturated heterocycles. The third kappa shape index (κ3) is 5.04. The summed E-state index contributed by atoms with van der Waals surface area (Å²) < 4.78 is 6.20. The number of carboxylic acid groups (broad SMARTS) is 1. The number of carbonyl (C=O) groups is 1. The van der Waals surface area contributed by atoms with Crippen LogP contribution in [0.15, 0.2) is 48.7 Å². The largest absolute Gasteiger partial charge is 0.465 e. The molecule has 5 rings (SSSR count). The summed E-state index contributed by atoms with van der Waals surface area (Å²) in [5.74, 6) is 2.67. The number of likely N-dealkylation sites (tertiary alicyclic amines) is 1. The zero-order valence-corrected chi connectivity index (χ0v) is 19.6. The number of hydrogen-bond donors (Lipinski definition) is 2. The lowest BCUT2D eigenvalue weighted by molar-refractivity contribution is 0.209. The van der Waals surface area contributed by atoms with Gasteiger partial charge in [0.25, 0.3) is 0 Å². The standard InChI is InChI=1S/C27H30N4O3/c1-17-25(16-23(20-5-6-20)26(29-17)30-27(32)33)34-22-9-12-28-24(15-22)21-7-3-18(4-8-21)19-10-13-31(2)14-11-19/h3-4,7-9,12,15-16,19-20H,5-6,10-11,13-14H2,1-2H3,(H,29,30)(H,32,33). The first-order valence-electron chi connectivity index (χ1n) is 11.9. The molecule has 0 spiro atoms. The van der Waals surface area contributed by atoms with Crippen molar-refractivity contribution in [3.8, 4) is 22.8 Å². The van der Waals surface area contributed by atoms with Crippen molar-refractivity contribution < 1.29 is 14.6 Å². The van der Waals surface area contributed by atoms with E-state index in [-0.39, 0.29) is 0 Å². The summed E-state index contributed by atoms with van der Waals surface area (Å²) in [6.45, 7) is 4.12. The Hall–Kier alpha value is -3.45. The number of nitrogens with zero attached hydrogens (tertiary/aromatic N) is 3. The molecule has 0 unspecified atom stereocenters. The van der Waals surface area contributed by atoms with Gasteiger partial charge >= 0.3 is 6.09 Å². The Labute approximate surface area is 199 Å². The number of aryl methyl sites for hydroxylation is 1. The van der Waals surface area contributed by atoms with Gasteiger partial charge in [-0.2, -0.15) is 0 Å². The fraction of sp³-hybridized carbons (Fsp3) is 0.370. The van der Waals surface area contributed by atoms with Crippen molar-refractivity contribution >= 4 is 11.9 Å². The fourth-order valence-electron chi connectivity index (χ4n) is 4.64. The van der Waals surface area contributed by atoms with E-state index in [0.717, 1.165) is 42.8 Å². The maximum atomic E-state index is 11.2. The average molecular weight is 459 g/mol. The molecular formula is C27H30N4O3. The Bertz CT molecular complexity index is 1180. The summed E-state index contributed by atoms with van der Waals surface area (Å²) in [5.41, 5.74) is 4.82. The number of ether oxygens (including phenoxy) is 1. The van der Waals surface area contributed by atoms with E-state index in [1.54, 1.807) is 6.20 Å². The molecule has 7 heteroatoms. The fourth-order valence-corrected chi connectivity index (χ4v) is 4.64. The lowest BCUT2D eigenvalue weighted by Crippen LogP contribution is -2.29. The first-order valence-corrected chi connectivity index (χ1v) is 11.9. The summed E-state index contributed by atoms with van der Waals surface area (Å²) in [4.78, 5) is 22.6. The predicted molar refractivity (Wildman–Crippen MR) is 132 cm³/mol. The predicted octanol–water partition coefficient (Wildman–Crippen LogP) is 6.02. The number of nitrogens with one attached hydrogen (secondary N) is 1. The van der Waals surface area contributed by atoms with Crippen LogP contribution in [0.5, 0.6) is 11.5 Å². The number of pyridine rings is 2. The molecule has 3 heterocycles. The van der Waals surface area contributed by atoms with Crippen LogP contribution in [0.25, 0.3) is 11.3 Å². The van der Waals surface area contributed by atoms with E-state index in [0.29, 0.717) is 34.8 Å². The van der Waals surface area contributed by atoms with Crippen LogP contribution >= 0.6 is 0 Å². The normalized spacial score (nSPS) is 16.9. The minimum absolute atomic E-state index is 0.327. The lowest BCUT2D eigenvalue weighted by atomic mass is 9.89. The summed E-state index contributed by atoms with van der Waals surface area (Å²) in [7, 11) is 2.19. The number of benzene rings is 1. The highest BCUT2D eigenvalue weighted by molar-refractivity contribution is 5.83. The van der Waals surface area contributed by atoms with Crippen LogP contribution in [0.1, 0.15) is 54.3 Å². The van der Waals surface area contributed by atoms with Gasteiger partial charge < -0.3 is 14.7 Å². The van der Waals surface area contributed by atoms with Crippen LogP contribution in [0, 0.1) is 6.92 Å². The van der Waals surface area contributed by atoms with E-state index in [9.17, 15) is 4.79 Å². The van der Waals surface area contributed by atoms with Crippen LogP contribution in [0.4, 0.5) is 10.6 Å². The summed E-state index contributed by atoms with van der Waals surface area (Å²) in [6, 6.07) is 14.4. The molecule has 176 valence electrons. The van der Waals surface area contributed by atoms with Crippen LogP contribution in [0.3, 0.4) is 0 Å². The minimum Gasteiger partial charge on any atom is -0.465 e. The smallest absolute Gasteiger partial charge is 0.410 e. The molecule has 2 N–H and O–H groups in total. The van der Waals surface area contributed by atoms with Gasteiger partial charge in [0.15, 0.2) is 0 Å². The minimum atomic E-state index is -1.11. The average Bonchev–Trinajstić information content (AvgIpc) is 3.67. The molecule has 1 aromatic carbocycles. The quantitative estimate of drug-likeness (QED) is 0.470. The van der Waals surface area contributed by atoms with Gasteiger partial charge in [-0.1, -0.05) is 24.3 Å². The second-order valence-corrected chi connectivity index (χ2v) is 9.39. The van der Waals surface area contributed by atoms with Gasteiger partial charge in [0.05, 0.1) is 11.4 Å². The van der Waals surface area contributed by atoms with Gasteiger partial charge in [0.1, 0.15) is 17.3 Å². The first-order chi connectivity index (χ1) is 16.5. The summed E-state index contributed by atoms with van der Waals surface area (Å²) >= 11 is 0. The number of amides is 1. The summed E-state index contributed by atoms with van der Waals surface area (Å²) in [6.07, 6.45) is 5.11. The number of rotatable bonds is 6. The molecule has 3 aromatic rings. The van der Waals surface area contributed by atoms with Crippen molar-refractivity contribution in [3.63, 3.8) is 0 Å². The summed E-state index contributed by atoms with van der Waals surface area (Å²) in [5, 5.41) is 11.6. The lowest BCUT2D eigenvalue weighted by Gasteiger charge is -2.29. The van der Waals surface area contributed by atoms with E-state index in [2.05, 4.69) is 51.5 Å². The third-order valence-electron chi connectivity index (χ3n) is 6.79. The first kappa shape index (κ1) is 22.3. The number of aromatic nitrogens is 2. The monoisotopic (exact) mass is 458 g/mol. The van der Waals surface area contributed by atoms with Crippen LogP contribution in [-0.2, 0) is 0 Å². The molecule has 2 aliphatic rings. The van der Waals surface area contributed by atoms with Gasteiger partial charge in [-0.25, -0.2) is 9.78 Å². The van der Waals surface area contributed by atoms with Crippen molar-refractivity contribution in [2.24, 2.45) is 0 Å². The van der Waals surface area contributed by atoms with Crippen LogP contribution in [0.2, 0.25) is 0 Å². The maximum Gasteiger partial charge on any atom is 0.410 e. The Balaban J connectivity index is 1.35. The van der Waals surface area contributed by atoms with E-state index in [1.165, 1.54) is 18.4 Å². The molecule has 1 saturated carbocycles. The van der Waals surface area contributed by atoms with E-state index in [1.807, 2.05) is 25.1 Å². The highest BCUT2D eigenvalue weighted by atomic mass is 16.5. The number of piperidine rings is 1. The Kier molecular flexibility index (Phi) is 6.20. The number of hydrogen-bond acceptors (Lipinski definition) is 5. The molecule has 0 radical (unpaired) electrons. The molecular weight excluding hydrogens is 428 g/mol. The molecule has 0 atom stereocenters. The molecule has 7 nitrogen and oxygen atoms in total. The Morgan fingerprint density at radius 1 is 1.06 bits per heavy atom. The molecule has 2 aromatic heterocycles. The van der Waals surface area contributed by atoms with Gasteiger partial charge in [-0.05, 0) is 82.3 Å². The van der Waals surface area contributed by atoms with E-state index < -0.39 is 6.09 Å². The van der Waals surface area contributed by atoms with Crippen molar-refractivity contribution in [1.82, 2.24) is 14.9 Å². The Morgan fingerprint density at radius 2 is 1.79 bits per heavy atom. The third-order valence-corrected chi connectivity index (χ3v) is 6.79. The van der Waals surface area contributed by atoms with Crippen molar-refractivity contribution in [3.05, 3.63) is 65.5 Å². The van der Waals surface area contributed by atoms with Crippen LogP contribution in [-0.4, -0.2) is 46.2 Å². The molecule has 1 aliphatic carbocycles. The SMILES string of the molecule is Cc1nc(NC(=O)O)c(C2CC2)cc1Oc1ccnc(-c2ccc(C3CCN(C)CC3)cc2)c1. The van der Waals surface area contributed by atoms with E-state index in [4.69, 9.17) is 9.84 Å². The van der Waals surface area contributed by atoms with Crippen molar-refractivity contribution in [2.45, 2.75) is 44.4 Å². The van der Waals surface area contributed by atoms with Gasteiger partial charge in [-0.15, -0.1) is 0 Å². The number of anilines is 1. The molecule has 1 amide bonds. The zero-order chi connectivity index (χ0) is 23.7. The second-order valence-electron chi connectivity index (χ2n) is 9.39. The maximum absolute atomic E-state index is 11.2. The van der Waals surface area contributed by atoms with Gasteiger partial charge in [0, 0.05) is 23.4 Å². The van der Waals surface area contributed by atoms with Crippen molar-refractivity contribution in [2.75, 3.05) is 25.5 Å². The topological polar surface area (TPSA) is 87.6 Å². The van der Waals surface area contributed by atoms with Crippen molar-refractivity contribution in [1.29, 1.82) is 0 Å². The van der Waals surface area contributed by atoms with Gasteiger partial charge in [0.2, 0.25) is 0 Å². The molecule has 1 aliphatic heterocycles.